The number of anilines is 1. The topological polar surface area (TPSA) is 44.8 Å². The Labute approximate surface area is 164 Å². The third-order valence-corrected chi connectivity index (χ3v) is 4.48. The van der Waals surface area contributed by atoms with E-state index in [-0.39, 0.29) is 6.03 Å². The number of rotatable bonds is 6. The van der Waals surface area contributed by atoms with Crippen molar-refractivity contribution in [2.45, 2.75) is 13.2 Å². The van der Waals surface area contributed by atoms with Crippen LogP contribution in [0, 0.1) is 0 Å². The molecule has 0 aliphatic carbocycles. The molecule has 0 saturated carbocycles. The first-order valence-electron chi connectivity index (χ1n) is 9.08. The molecule has 0 aromatic heterocycles. The summed E-state index contributed by atoms with van der Waals surface area (Å²) in [4.78, 5) is 14.4. The largest absolute Gasteiger partial charge is 0.489 e. The molecule has 28 heavy (non-hydrogen) atoms. The molecule has 1 heterocycles. The van der Waals surface area contributed by atoms with Gasteiger partial charge in [0.15, 0.2) is 0 Å². The highest BCUT2D eigenvalue weighted by molar-refractivity contribution is 5.97. The average molecular weight is 371 g/mol. The zero-order valence-electron chi connectivity index (χ0n) is 15.4. The summed E-state index contributed by atoms with van der Waals surface area (Å²) in [6.45, 7) is 4.94. The molecule has 3 aromatic rings. The lowest BCUT2D eigenvalue weighted by Gasteiger charge is -2.17. The minimum absolute atomic E-state index is 0.160. The molecule has 0 spiro atoms. The van der Waals surface area contributed by atoms with Crippen LogP contribution >= 0.6 is 0 Å². The van der Waals surface area contributed by atoms with Gasteiger partial charge in [-0.1, -0.05) is 67.2 Å². The summed E-state index contributed by atoms with van der Waals surface area (Å²) in [6, 6.07) is 27.1. The molecule has 3 aromatic carbocycles. The number of nitrogens with zero attached hydrogens (tertiary/aromatic N) is 2. The van der Waals surface area contributed by atoms with Crippen LogP contribution in [-0.2, 0) is 13.2 Å². The molecule has 0 radical (unpaired) electrons. The van der Waals surface area contributed by atoms with Crippen molar-refractivity contribution < 1.29 is 9.53 Å². The molecule has 1 aliphatic heterocycles. The predicted molar refractivity (Wildman–Crippen MR) is 109 cm³/mol. The number of carbonyl (C=O) groups excluding carboxylic acids is 1. The van der Waals surface area contributed by atoms with Gasteiger partial charge in [-0.25, -0.2) is 14.7 Å². The van der Waals surface area contributed by atoms with Crippen LogP contribution in [0.5, 0.6) is 5.75 Å². The maximum absolute atomic E-state index is 12.8. The number of hydrogen-bond acceptors (Lipinski definition) is 3. The van der Waals surface area contributed by atoms with Crippen molar-refractivity contribution in [2.24, 2.45) is 0 Å². The normalized spacial score (nSPS) is 13.6. The Hall–Kier alpha value is -3.73. The summed E-state index contributed by atoms with van der Waals surface area (Å²) < 4.78 is 5.81. The van der Waals surface area contributed by atoms with Crippen molar-refractivity contribution >= 4 is 11.7 Å². The van der Waals surface area contributed by atoms with Crippen molar-refractivity contribution in [3.05, 3.63) is 108 Å². The first-order valence-corrected chi connectivity index (χ1v) is 9.08. The number of amides is 2. The molecule has 5 heteroatoms. The Kier molecular flexibility index (Phi) is 4.97. The number of urea groups is 1. The summed E-state index contributed by atoms with van der Waals surface area (Å²) in [5, 5.41) is 1.55. The second-order valence-corrected chi connectivity index (χ2v) is 6.52. The minimum atomic E-state index is -0.160. The van der Waals surface area contributed by atoms with E-state index < -0.39 is 0 Å². The van der Waals surface area contributed by atoms with Crippen molar-refractivity contribution in [1.82, 2.24) is 10.4 Å². The highest BCUT2D eigenvalue weighted by Crippen LogP contribution is 2.27. The van der Waals surface area contributed by atoms with Gasteiger partial charge in [0, 0.05) is 0 Å². The van der Waals surface area contributed by atoms with Gasteiger partial charge in [-0.15, -0.1) is 0 Å². The van der Waals surface area contributed by atoms with E-state index in [0.29, 0.717) is 19.0 Å². The zero-order valence-corrected chi connectivity index (χ0v) is 15.4. The van der Waals surface area contributed by atoms with Gasteiger partial charge in [-0.3, -0.25) is 5.43 Å². The SMILES string of the molecule is C=C1NN(Cc2ccccc2)C(=O)N1c1ccc(OCc2ccccc2)cc1. The molecule has 1 aliphatic rings. The second kappa shape index (κ2) is 7.88. The highest BCUT2D eigenvalue weighted by Gasteiger charge is 2.32. The van der Waals surface area contributed by atoms with Crippen molar-refractivity contribution in [3.63, 3.8) is 0 Å². The van der Waals surface area contributed by atoms with Crippen molar-refractivity contribution in [1.29, 1.82) is 0 Å². The van der Waals surface area contributed by atoms with E-state index in [2.05, 4.69) is 12.0 Å². The third kappa shape index (κ3) is 3.83. The third-order valence-electron chi connectivity index (χ3n) is 4.48. The lowest BCUT2D eigenvalue weighted by molar-refractivity contribution is 0.202. The van der Waals surface area contributed by atoms with E-state index in [9.17, 15) is 4.79 Å². The fourth-order valence-corrected chi connectivity index (χ4v) is 3.06. The molecule has 0 unspecified atom stereocenters. The number of ether oxygens (including phenoxy) is 1. The fraction of sp³-hybridized carbons (Fsp3) is 0.0870. The zero-order chi connectivity index (χ0) is 19.3. The lowest BCUT2D eigenvalue weighted by atomic mass is 10.2. The van der Waals surface area contributed by atoms with Crippen LogP contribution < -0.4 is 15.1 Å². The lowest BCUT2D eigenvalue weighted by Crippen LogP contribution is -2.34. The van der Waals surface area contributed by atoms with Gasteiger partial charge in [0.25, 0.3) is 0 Å². The number of hydrazine groups is 1. The van der Waals surface area contributed by atoms with Crippen LogP contribution in [0.3, 0.4) is 0 Å². The summed E-state index contributed by atoms with van der Waals surface area (Å²) in [5.41, 5.74) is 5.94. The molecule has 0 atom stereocenters. The Bertz CT molecular complexity index is 956. The quantitative estimate of drug-likeness (QED) is 0.684. The van der Waals surface area contributed by atoms with E-state index >= 15 is 0 Å². The Morgan fingerprint density at radius 2 is 1.43 bits per heavy atom. The van der Waals surface area contributed by atoms with E-state index in [0.717, 1.165) is 22.6 Å². The molecular weight excluding hydrogens is 350 g/mol. The van der Waals surface area contributed by atoms with Crippen LogP contribution in [0.1, 0.15) is 11.1 Å². The van der Waals surface area contributed by atoms with Gasteiger partial charge in [-0.05, 0) is 35.4 Å². The molecular formula is C23H21N3O2. The van der Waals surface area contributed by atoms with Gasteiger partial charge in [0.1, 0.15) is 18.2 Å². The summed E-state index contributed by atoms with van der Waals surface area (Å²) in [7, 11) is 0. The summed E-state index contributed by atoms with van der Waals surface area (Å²) in [5.74, 6) is 1.28. The number of carbonyl (C=O) groups is 1. The van der Waals surface area contributed by atoms with Gasteiger partial charge in [-0.2, -0.15) is 0 Å². The van der Waals surface area contributed by atoms with Gasteiger partial charge in [0.05, 0.1) is 12.2 Å². The van der Waals surface area contributed by atoms with Gasteiger partial charge in [0.2, 0.25) is 0 Å². The Morgan fingerprint density at radius 1 is 0.821 bits per heavy atom. The van der Waals surface area contributed by atoms with Crippen LogP contribution in [0.15, 0.2) is 97.3 Å². The fourth-order valence-electron chi connectivity index (χ4n) is 3.06. The van der Waals surface area contributed by atoms with Gasteiger partial charge < -0.3 is 4.74 Å². The Balaban J connectivity index is 1.42. The van der Waals surface area contributed by atoms with Crippen LogP contribution in [0.25, 0.3) is 0 Å². The molecule has 140 valence electrons. The Morgan fingerprint density at radius 3 is 2.07 bits per heavy atom. The summed E-state index contributed by atoms with van der Waals surface area (Å²) >= 11 is 0. The number of benzene rings is 3. The maximum atomic E-state index is 12.8. The van der Waals surface area contributed by atoms with Crippen molar-refractivity contribution in [3.8, 4) is 5.75 Å². The standard InChI is InChI=1S/C23H21N3O2/c1-18-24-25(16-19-8-4-2-5-9-19)23(27)26(18)21-12-14-22(15-13-21)28-17-20-10-6-3-7-11-20/h2-15,24H,1,16-17H2. The van der Waals surface area contributed by atoms with Crippen molar-refractivity contribution in [2.75, 3.05) is 4.90 Å². The van der Waals surface area contributed by atoms with Crippen LogP contribution in [-0.4, -0.2) is 11.0 Å². The summed E-state index contributed by atoms with van der Waals surface area (Å²) in [6.07, 6.45) is 0. The van der Waals surface area contributed by atoms with Crippen LogP contribution in [0.2, 0.25) is 0 Å². The number of hydrogen-bond donors (Lipinski definition) is 1. The van der Waals surface area contributed by atoms with E-state index in [1.165, 1.54) is 0 Å². The van der Waals surface area contributed by atoms with E-state index in [1.54, 1.807) is 9.91 Å². The minimum Gasteiger partial charge on any atom is -0.489 e. The van der Waals surface area contributed by atoms with Crippen LogP contribution in [0.4, 0.5) is 10.5 Å². The average Bonchev–Trinajstić information content (AvgIpc) is 3.01. The molecule has 1 saturated heterocycles. The monoisotopic (exact) mass is 371 g/mol. The van der Waals surface area contributed by atoms with E-state index in [4.69, 9.17) is 4.74 Å². The van der Waals surface area contributed by atoms with E-state index in [1.807, 2.05) is 84.9 Å². The molecule has 0 bridgehead atoms. The molecule has 1 fully saturated rings. The first kappa shape index (κ1) is 17.7. The smallest absolute Gasteiger partial charge is 0.349 e. The molecule has 1 N–H and O–H groups in total. The van der Waals surface area contributed by atoms with Gasteiger partial charge >= 0.3 is 6.03 Å². The first-order chi connectivity index (χ1) is 13.7. The number of nitrogens with one attached hydrogen (secondary N) is 1. The molecule has 4 rings (SSSR count). The second-order valence-electron chi connectivity index (χ2n) is 6.52. The molecule has 2 amide bonds. The predicted octanol–water partition coefficient (Wildman–Crippen LogP) is 4.68. The highest BCUT2D eigenvalue weighted by atomic mass is 16.5. The maximum Gasteiger partial charge on any atom is 0.349 e. The molecule has 5 nitrogen and oxygen atoms in total.